The summed E-state index contributed by atoms with van der Waals surface area (Å²) >= 11 is 3.50. The molecule has 1 aromatic carbocycles. The van der Waals surface area contributed by atoms with Crippen molar-refractivity contribution in [2.45, 2.75) is 12.5 Å². The minimum Gasteiger partial charge on any atom is -0.465 e. The van der Waals surface area contributed by atoms with E-state index in [4.69, 9.17) is 5.11 Å². The minimum absolute atomic E-state index is 0.228. The first-order valence-corrected chi connectivity index (χ1v) is 6.94. The molecule has 1 saturated heterocycles. The highest BCUT2D eigenvalue weighted by molar-refractivity contribution is 9.10. The zero-order valence-electron chi connectivity index (χ0n) is 9.97. The van der Waals surface area contributed by atoms with E-state index in [1.807, 2.05) is 6.07 Å². The Bertz CT molecular complexity index is 492. The lowest BCUT2D eigenvalue weighted by Gasteiger charge is -2.44. The van der Waals surface area contributed by atoms with Crippen molar-refractivity contribution in [2.75, 3.05) is 26.2 Å². The summed E-state index contributed by atoms with van der Waals surface area (Å²) < 4.78 is 1.10. The monoisotopic (exact) mass is 310 g/mol. The van der Waals surface area contributed by atoms with Crippen LogP contribution in [0.3, 0.4) is 0 Å². The van der Waals surface area contributed by atoms with Gasteiger partial charge in [-0.05, 0) is 29.7 Å². The molecule has 1 N–H and O–H groups in total. The standard InChI is InChI=1S/C13H15BrN2O2/c14-10-1-2-11-9(7-10)3-4-15-5-6-16(13(17)18)8-12(11)15/h1-2,7,12H,3-6,8H2,(H,17,18)/t12-/m0/s1. The highest BCUT2D eigenvalue weighted by atomic mass is 79.9. The summed E-state index contributed by atoms with van der Waals surface area (Å²) in [5.41, 5.74) is 2.63. The van der Waals surface area contributed by atoms with Crippen LogP contribution in [0.5, 0.6) is 0 Å². The Morgan fingerprint density at radius 3 is 2.94 bits per heavy atom. The molecule has 1 fully saturated rings. The van der Waals surface area contributed by atoms with Gasteiger partial charge in [0.25, 0.3) is 0 Å². The lowest BCUT2D eigenvalue weighted by molar-refractivity contribution is 0.0634. The largest absolute Gasteiger partial charge is 0.465 e. The topological polar surface area (TPSA) is 43.8 Å². The molecule has 18 heavy (non-hydrogen) atoms. The smallest absolute Gasteiger partial charge is 0.407 e. The number of halogens is 1. The normalized spacial score (nSPS) is 23.4. The summed E-state index contributed by atoms with van der Waals surface area (Å²) in [5, 5.41) is 9.12. The fourth-order valence-electron chi connectivity index (χ4n) is 2.94. The quantitative estimate of drug-likeness (QED) is 0.800. The number of nitrogens with zero attached hydrogens (tertiary/aromatic N) is 2. The summed E-state index contributed by atoms with van der Waals surface area (Å²) in [6.45, 7) is 3.08. The zero-order chi connectivity index (χ0) is 12.7. The van der Waals surface area contributed by atoms with Crippen molar-refractivity contribution in [3.63, 3.8) is 0 Å². The van der Waals surface area contributed by atoms with E-state index in [1.165, 1.54) is 16.0 Å². The third-order valence-corrected chi connectivity index (χ3v) is 4.39. The van der Waals surface area contributed by atoms with Crippen molar-refractivity contribution >= 4 is 22.0 Å². The Kier molecular flexibility index (Phi) is 3.03. The van der Waals surface area contributed by atoms with Crippen molar-refractivity contribution in [3.8, 4) is 0 Å². The summed E-state index contributed by atoms with van der Waals surface area (Å²) in [7, 11) is 0. The number of carbonyl (C=O) groups is 1. The molecule has 96 valence electrons. The number of carboxylic acid groups (broad SMARTS) is 1. The molecular weight excluding hydrogens is 296 g/mol. The van der Waals surface area contributed by atoms with E-state index >= 15 is 0 Å². The van der Waals surface area contributed by atoms with E-state index in [-0.39, 0.29) is 6.04 Å². The molecule has 0 aromatic heterocycles. The van der Waals surface area contributed by atoms with Gasteiger partial charge < -0.3 is 10.0 Å². The molecule has 2 heterocycles. The average Bonchev–Trinajstić information content (AvgIpc) is 2.37. The van der Waals surface area contributed by atoms with Crippen LogP contribution in [0, 0.1) is 0 Å². The number of hydrogen-bond acceptors (Lipinski definition) is 2. The first-order chi connectivity index (χ1) is 8.65. The zero-order valence-corrected chi connectivity index (χ0v) is 11.6. The summed E-state index contributed by atoms with van der Waals surface area (Å²) in [6, 6.07) is 6.56. The number of amides is 1. The number of benzene rings is 1. The second-order valence-electron chi connectivity index (χ2n) is 4.87. The lowest BCUT2D eigenvalue weighted by atomic mass is 9.91. The van der Waals surface area contributed by atoms with Gasteiger partial charge >= 0.3 is 6.09 Å². The Balaban J connectivity index is 1.92. The van der Waals surface area contributed by atoms with E-state index < -0.39 is 6.09 Å². The van der Waals surface area contributed by atoms with Crippen LogP contribution >= 0.6 is 15.9 Å². The average molecular weight is 311 g/mol. The summed E-state index contributed by atoms with van der Waals surface area (Å²) in [6.07, 6.45) is 0.247. The van der Waals surface area contributed by atoms with Gasteiger partial charge in [0.1, 0.15) is 0 Å². The van der Waals surface area contributed by atoms with Crippen molar-refractivity contribution in [3.05, 3.63) is 33.8 Å². The first kappa shape index (κ1) is 12.0. The van der Waals surface area contributed by atoms with Crippen LogP contribution in [0.4, 0.5) is 4.79 Å². The maximum Gasteiger partial charge on any atom is 0.407 e. The fraction of sp³-hybridized carbons (Fsp3) is 0.462. The van der Waals surface area contributed by atoms with E-state index in [0.29, 0.717) is 13.1 Å². The second-order valence-corrected chi connectivity index (χ2v) is 5.79. The second kappa shape index (κ2) is 4.55. The van der Waals surface area contributed by atoms with Crippen molar-refractivity contribution < 1.29 is 9.90 Å². The van der Waals surface area contributed by atoms with E-state index in [2.05, 4.69) is 33.0 Å². The number of piperazine rings is 1. The molecule has 4 nitrogen and oxygen atoms in total. The van der Waals surface area contributed by atoms with Crippen LogP contribution in [-0.2, 0) is 6.42 Å². The molecule has 0 aliphatic carbocycles. The highest BCUT2D eigenvalue weighted by Gasteiger charge is 2.34. The minimum atomic E-state index is -0.807. The summed E-state index contributed by atoms with van der Waals surface area (Å²) in [5.74, 6) is 0. The highest BCUT2D eigenvalue weighted by Crippen LogP contribution is 2.33. The first-order valence-electron chi connectivity index (χ1n) is 6.15. The van der Waals surface area contributed by atoms with E-state index in [9.17, 15) is 4.79 Å². The molecule has 0 saturated carbocycles. The number of rotatable bonds is 0. The van der Waals surface area contributed by atoms with E-state index in [0.717, 1.165) is 24.0 Å². The van der Waals surface area contributed by atoms with Crippen molar-refractivity contribution in [1.82, 2.24) is 9.80 Å². The van der Waals surface area contributed by atoms with Gasteiger partial charge in [0.05, 0.1) is 6.04 Å². The maximum atomic E-state index is 11.1. The van der Waals surface area contributed by atoms with Gasteiger partial charge in [-0.3, -0.25) is 4.90 Å². The lowest BCUT2D eigenvalue weighted by Crippen LogP contribution is -2.52. The van der Waals surface area contributed by atoms with Crippen LogP contribution in [0.1, 0.15) is 17.2 Å². The molecule has 0 unspecified atom stereocenters. The molecule has 1 atom stereocenters. The van der Waals surface area contributed by atoms with Gasteiger partial charge in [-0.1, -0.05) is 22.0 Å². The molecule has 0 spiro atoms. The third kappa shape index (κ3) is 2.01. The maximum absolute atomic E-state index is 11.1. The molecular formula is C13H15BrN2O2. The third-order valence-electron chi connectivity index (χ3n) is 3.89. The van der Waals surface area contributed by atoms with Crippen LogP contribution in [0.15, 0.2) is 22.7 Å². The Hall–Kier alpha value is -1.07. The molecule has 1 amide bonds. The van der Waals surface area contributed by atoms with Crippen LogP contribution in [0.25, 0.3) is 0 Å². The molecule has 0 bridgehead atoms. The van der Waals surface area contributed by atoms with Gasteiger partial charge in [0.15, 0.2) is 0 Å². The SMILES string of the molecule is O=C(O)N1CCN2CCc3cc(Br)ccc3[C@@H]2C1. The summed E-state index contributed by atoms with van der Waals surface area (Å²) in [4.78, 5) is 15.0. The Morgan fingerprint density at radius 1 is 1.33 bits per heavy atom. The molecule has 3 rings (SSSR count). The van der Waals surface area contributed by atoms with Gasteiger partial charge in [-0.15, -0.1) is 0 Å². The van der Waals surface area contributed by atoms with Crippen LogP contribution in [0.2, 0.25) is 0 Å². The Morgan fingerprint density at radius 2 is 2.17 bits per heavy atom. The molecule has 1 aromatic rings. The molecule has 5 heteroatoms. The fourth-order valence-corrected chi connectivity index (χ4v) is 3.35. The van der Waals surface area contributed by atoms with Gasteiger partial charge in [-0.2, -0.15) is 0 Å². The van der Waals surface area contributed by atoms with Gasteiger partial charge in [0.2, 0.25) is 0 Å². The predicted molar refractivity (Wildman–Crippen MR) is 71.8 cm³/mol. The molecule has 2 aliphatic heterocycles. The predicted octanol–water partition coefficient (Wildman–Crippen LogP) is 2.34. The van der Waals surface area contributed by atoms with Crippen LogP contribution < -0.4 is 0 Å². The van der Waals surface area contributed by atoms with E-state index in [1.54, 1.807) is 0 Å². The van der Waals surface area contributed by atoms with Gasteiger partial charge in [-0.25, -0.2) is 4.79 Å². The van der Waals surface area contributed by atoms with Crippen molar-refractivity contribution in [2.24, 2.45) is 0 Å². The number of fused-ring (bicyclic) bond motifs is 3. The van der Waals surface area contributed by atoms with Crippen LogP contribution in [-0.4, -0.2) is 47.2 Å². The Labute approximate surface area is 114 Å². The molecule has 0 radical (unpaired) electrons. The van der Waals surface area contributed by atoms with Gasteiger partial charge in [0, 0.05) is 30.7 Å². The molecule has 2 aliphatic rings. The van der Waals surface area contributed by atoms with Crippen molar-refractivity contribution in [1.29, 1.82) is 0 Å². The number of hydrogen-bond donors (Lipinski definition) is 1.